The Labute approximate surface area is 126 Å². The van der Waals surface area contributed by atoms with Gasteiger partial charge in [-0.15, -0.1) is 0 Å². The maximum Gasteiger partial charge on any atom is 0.191 e. The van der Waals surface area contributed by atoms with Crippen molar-refractivity contribution in [3.63, 3.8) is 0 Å². The minimum atomic E-state index is -0.499. The molecule has 2 N–H and O–H groups in total. The van der Waals surface area contributed by atoms with Gasteiger partial charge in [0.25, 0.3) is 0 Å². The Bertz CT molecular complexity index is 671. The van der Waals surface area contributed by atoms with E-state index in [9.17, 15) is 13.2 Å². The first-order valence-electron chi connectivity index (χ1n) is 6.71. The molecule has 0 saturated carbocycles. The molecule has 2 aromatic rings. The van der Waals surface area contributed by atoms with Crippen molar-refractivity contribution in [1.82, 2.24) is 10.6 Å². The number of rotatable bonds is 4. The number of guanidine groups is 1. The predicted octanol–water partition coefficient (Wildman–Crippen LogP) is 2.97. The van der Waals surface area contributed by atoms with E-state index in [1.807, 2.05) is 0 Å². The molecular weight excluding hydrogens is 291 g/mol. The maximum atomic E-state index is 13.5. The van der Waals surface area contributed by atoms with Crippen LogP contribution in [0, 0.1) is 17.5 Å². The van der Waals surface area contributed by atoms with Crippen LogP contribution in [-0.4, -0.2) is 13.0 Å². The molecule has 0 unspecified atom stereocenters. The topological polar surface area (TPSA) is 36.4 Å². The summed E-state index contributed by atoms with van der Waals surface area (Å²) in [5, 5.41) is 5.85. The van der Waals surface area contributed by atoms with Crippen LogP contribution in [0.1, 0.15) is 11.1 Å². The summed E-state index contributed by atoms with van der Waals surface area (Å²) in [7, 11) is 1.56. The molecule has 0 radical (unpaired) electrons. The highest BCUT2D eigenvalue weighted by atomic mass is 19.1. The van der Waals surface area contributed by atoms with Crippen molar-refractivity contribution in [1.29, 1.82) is 0 Å². The van der Waals surface area contributed by atoms with Gasteiger partial charge in [-0.1, -0.05) is 12.1 Å². The van der Waals surface area contributed by atoms with E-state index >= 15 is 0 Å². The van der Waals surface area contributed by atoms with Gasteiger partial charge in [-0.3, -0.25) is 4.99 Å². The standard InChI is InChI=1S/C16H16F3N3/c1-20-16(21-9-11-3-2-4-13(17)7-11)22-10-12-8-14(18)5-6-15(12)19/h2-8H,9-10H2,1H3,(H2,20,21,22). The summed E-state index contributed by atoms with van der Waals surface area (Å²) in [6, 6.07) is 9.43. The van der Waals surface area contributed by atoms with E-state index in [0.717, 1.165) is 23.8 Å². The van der Waals surface area contributed by atoms with Crippen LogP contribution in [0.15, 0.2) is 47.5 Å². The molecule has 0 bridgehead atoms. The number of aliphatic imine (C=N–C) groups is 1. The van der Waals surface area contributed by atoms with Gasteiger partial charge in [0.1, 0.15) is 17.5 Å². The van der Waals surface area contributed by atoms with E-state index in [-0.39, 0.29) is 17.9 Å². The Kier molecular flexibility index (Phi) is 5.41. The lowest BCUT2D eigenvalue weighted by atomic mass is 10.2. The summed E-state index contributed by atoms with van der Waals surface area (Å²) in [5.74, 6) is -0.896. The van der Waals surface area contributed by atoms with Crippen LogP contribution >= 0.6 is 0 Å². The van der Waals surface area contributed by atoms with E-state index in [2.05, 4.69) is 15.6 Å². The van der Waals surface area contributed by atoms with Crippen LogP contribution < -0.4 is 10.6 Å². The molecule has 0 aromatic heterocycles. The average molecular weight is 307 g/mol. The predicted molar refractivity (Wildman–Crippen MR) is 79.8 cm³/mol. The van der Waals surface area contributed by atoms with E-state index in [1.165, 1.54) is 12.1 Å². The molecule has 0 amide bonds. The van der Waals surface area contributed by atoms with Crippen molar-refractivity contribution >= 4 is 5.96 Å². The molecule has 0 saturated heterocycles. The minimum Gasteiger partial charge on any atom is -0.352 e. The molecule has 116 valence electrons. The zero-order valence-electron chi connectivity index (χ0n) is 12.0. The molecule has 0 spiro atoms. The molecule has 0 fully saturated rings. The highest BCUT2D eigenvalue weighted by molar-refractivity contribution is 5.79. The molecule has 2 aromatic carbocycles. The lowest BCUT2D eigenvalue weighted by Crippen LogP contribution is -2.36. The smallest absolute Gasteiger partial charge is 0.191 e. The number of hydrogen-bond donors (Lipinski definition) is 2. The van der Waals surface area contributed by atoms with Gasteiger partial charge in [0.15, 0.2) is 5.96 Å². The largest absolute Gasteiger partial charge is 0.352 e. The summed E-state index contributed by atoms with van der Waals surface area (Å²) in [6.07, 6.45) is 0. The molecule has 2 rings (SSSR count). The third-order valence-electron chi connectivity index (χ3n) is 3.03. The average Bonchev–Trinajstić information content (AvgIpc) is 2.51. The third-order valence-corrected chi connectivity index (χ3v) is 3.03. The van der Waals surface area contributed by atoms with Crippen molar-refractivity contribution in [3.05, 3.63) is 71.0 Å². The van der Waals surface area contributed by atoms with Crippen LogP contribution in [0.25, 0.3) is 0 Å². The number of nitrogens with zero attached hydrogens (tertiary/aromatic N) is 1. The van der Waals surface area contributed by atoms with Crippen molar-refractivity contribution < 1.29 is 13.2 Å². The monoisotopic (exact) mass is 307 g/mol. The summed E-state index contributed by atoms with van der Waals surface area (Å²) >= 11 is 0. The molecule has 3 nitrogen and oxygen atoms in total. The first-order chi connectivity index (χ1) is 10.6. The first kappa shape index (κ1) is 15.9. The van der Waals surface area contributed by atoms with Crippen LogP contribution in [-0.2, 0) is 13.1 Å². The van der Waals surface area contributed by atoms with E-state index in [0.29, 0.717) is 12.5 Å². The lowest BCUT2D eigenvalue weighted by molar-refractivity contribution is 0.581. The molecule has 0 heterocycles. The zero-order valence-corrected chi connectivity index (χ0v) is 12.0. The van der Waals surface area contributed by atoms with Gasteiger partial charge in [-0.05, 0) is 35.9 Å². The summed E-state index contributed by atoms with van der Waals surface area (Å²) < 4.78 is 39.7. The maximum absolute atomic E-state index is 13.5. The fourth-order valence-electron chi connectivity index (χ4n) is 1.91. The Morgan fingerprint density at radius 3 is 2.41 bits per heavy atom. The zero-order chi connectivity index (χ0) is 15.9. The lowest BCUT2D eigenvalue weighted by Gasteiger charge is -2.12. The SMILES string of the molecule is CN=C(NCc1cccc(F)c1)NCc1cc(F)ccc1F. The Morgan fingerprint density at radius 2 is 1.68 bits per heavy atom. The van der Waals surface area contributed by atoms with Gasteiger partial charge in [0.2, 0.25) is 0 Å². The summed E-state index contributed by atoms with van der Waals surface area (Å²) in [6.45, 7) is 0.454. The van der Waals surface area contributed by atoms with E-state index in [1.54, 1.807) is 19.2 Å². The van der Waals surface area contributed by atoms with E-state index < -0.39 is 11.6 Å². The van der Waals surface area contributed by atoms with Gasteiger partial charge >= 0.3 is 0 Å². The van der Waals surface area contributed by atoms with Crippen LogP contribution in [0.2, 0.25) is 0 Å². The van der Waals surface area contributed by atoms with Crippen molar-refractivity contribution in [2.24, 2.45) is 4.99 Å². The molecule has 0 aliphatic heterocycles. The second kappa shape index (κ2) is 7.49. The number of nitrogens with one attached hydrogen (secondary N) is 2. The van der Waals surface area contributed by atoms with Gasteiger partial charge in [0, 0.05) is 25.7 Å². The van der Waals surface area contributed by atoms with Crippen LogP contribution in [0.4, 0.5) is 13.2 Å². The van der Waals surface area contributed by atoms with Gasteiger partial charge < -0.3 is 10.6 Å². The third kappa shape index (κ3) is 4.51. The number of benzene rings is 2. The van der Waals surface area contributed by atoms with Gasteiger partial charge in [-0.2, -0.15) is 0 Å². The molecule has 22 heavy (non-hydrogen) atoms. The molecule has 6 heteroatoms. The van der Waals surface area contributed by atoms with Crippen LogP contribution in [0.3, 0.4) is 0 Å². The van der Waals surface area contributed by atoms with Crippen LogP contribution in [0.5, 0.6) is 0 Å². The molecule has 0 aliphatic rings. The number of hydrogen-bond acceptors (Lipinski definition) is 1. The summed E-state index contributed by atoms with van der Waals surface area (Å²) in [4.78, 5) is 3.98. The fourth-order valence-corrected chi connectivity index (χ4v) is 1.91. The summed E-state index contributed by atoms with van der Waals surface area (Å²) in [5.41, 5.74) is 0.952. The van der Waals surface area contributed by atoms with Gasteiger partial charge in [-0.25, -0.2) is 13.2 Å². The number of halogens is 3. The van der Waals surface area contributed by atoms with Crippen molar-refractivity contribution in [2.45, 2.75) is 13.1 Å². The fraction of sp³-hybridized carbons (Fsp3) is 0.188. The second-order valence-electron chi connectivity index (χ2n) is 4.64. The quantitative estimate of drug-likeness (QED) is 0.673. The highest BCUT2D eigenvalue weighted by Crippen LogP contribution is 2.09. The Morgan fingerprint density at radius 1 is 0.955 bits per heavy atom. The van der Waals surface area contributed by atoms with E-state index in [4.69, 9.17) is 0 Å². The first-order valence-corrected chi connectivity index (χ1v) is 6.71. The minimum absolute atomic E-state index is 0.0897. The van der Waals surface area contributed by atoms with Crippen molar-refractivity contribution in [2.75, 3.05) is 7.05 Å². The molecule has 0 aliphatic carbocycles. The highest BCUT2D eigenvalue weighted by Gasteiger charge is 2.05. The normalized spacial score (nSPS) is 11.4. The molecule has 0 atom stereocenters. The Balaban J connectivity index is 1.91. The Hall–Kier alpha value is -2.50. The van der Waals surface area contributed by atoms with Crippen molar-refractivity contribution in [3.8, 4) is 0 Å². The second-order valence-corrected chi connectivity index (χ2v) is 4.64. The van der Waals surface area contributed by atoms with Gasteiger partial charge in [0.05, 0.1) is 0 Å². The molecular formula is C16H16F3N3.